The number of nitrogens with zero attached hydrogens (tertiary/aromatic N) is 1. The zero-order valence-electron chi connectivity index (χ0n) is 9.62. The lowest BCUT2D eigenvalue weighted by Crippen LogP contribution is -2.34. The first kappa shape index (κ1) is 13.9. The maximum absolute atomic E-state index is 11.2. The van der Waals surface area contributed by atoms with Gasteiger partial charge in [0.25, 0.3) is 0 Å². The molecule has 0 aliphatic carbocycles. The molecule has 88 valence electrons. The lowest BCUT2D eigenvalue weighted by molar-refractivity contribution is -0.146. The molecule has 0 spiro atoms. The average Bonchev–Trinajstić information content (AvgIpc) is 2.15. The third-order valence-electron chi connectivity index (χ3n) is 2.10. The number of nitrogens with one attached hydrogen (secondary N) is 1. The summed E-state index contributed by atoms with van der Waals surface area (Å²) >= 11 is 0. The Balaban J connectivity index is 3.51. The van der Waals surface area contributed by atoms with Crippen LogP contribution in [-0.2, 0) is 9.59 Å². The molecule has 1 amide bonds. The van der Waals surface area contributed by atoms with E-state index in [1.165, 1.54) is 6.92 Å². The third kappa shape index (κ3) is 6.90. The lowest BCUT2D eigenvalue weighted by Gasteiger charge is -2.10. The lowest BCUT2D eigenvalue weighted by atomic mass is 10.1. The van der Waals surface area contributed by atoms with Crippen molar-refractivity contribution in [2.45, 2.75) is 19.8 Å². The molecular formula is C10H20N2O3. The number of aliphatic carboxylic acids is 1. The van der Waals surface area contributed by atoms with Gasteiger partial charge in [0, 0.05) is 6.54 Å². The molecular weight excluding hydrogens is 196 g/mol. The van der Waals surface area contributed by atoms with E-state index in [9.17, 15) is 9.59 Å². The van der Waals surface area contributed by atoms with Crippen LogP contribution in [0.15, 0.2) is 0 Å². The number of carboxylic acids is 1. The number of hydrogen-bond donors (Lipinski definition) is 2. The summed E-state index contributed by atoms with van der Waals surface area (Å²) in [6, 6.07) is 0. The van der Waals surface area contributed by atoms with Crippen molar-refractivity contribution < 1.29 is 14.7 Å². The third-order valence-corrected chi connectivity index (χ3v) is 2.10. The minimum atomic E-state index is -1.08. The van der Waals surface area contributed by atoms with Gasteiger partial charge in [0.1, 0.15) is 5.92 Å². The van der Waals surface area contributed by atoms with Crippen molar-refractivity contribution in [1.29, 1.82) is 0 Å². The van der Waals surface area contributed by atoms with Crippen LogP contribution in [0.3, 0.4) is 0 Å². The topological polar surface area (TPSA) is 69.6 Å². The number of hydrogen-bond acceptors (Lipinski definition) is 3. The van der Waals surface area contributed by atoms with E-state index in [-0.39, 0.29) is 0 Å². The molecule has 0 radical (unpaired) electrons. The molecule has 0 aromatic rings. The monoisotopic (exact) mass is 216 g/mol. The van der Waals surface area contributed by atoms with Crippen molar-refractivity contribution in [1.82, 2.24) is 10.2 Å². The molecule has 1 unspecified atom stereocenters. The molecule has 0 aromatic heterocycles. The molecule has 0 aliphatic heterocycles. The van der Waals surface area contributed by atoms with Crippen LogP contribution in [-0.4, -0.2) is 49.1 Å². The summed E-state index contributed by atoms with van der Waals surface area (Å²) < 4.78 is 0. The number of carboxylic acid groups (broad SMARTS) is 1. The van der Waals surface area contributed by atoms with Crippen LogP contribution in [0.25, 0.3) is 0 Å². The quantitative estimate of drug-likeness (QED) is 0.470. The van der Waals surface area contributed by atoms with E-state index in [4.69, 9.17) is 5.11 Å². The number of unbranched alkanes of at least 4 members (excludes halogenated alkanes) is 1. The van der Waals surface area contributed by atoms with Crippen LogP contribution in [0.4, 0.5) is 0 Å². The van der Waals surface area contributed by atoms with E-state index >= 15 is 0 Å². The standard InChI is InChI=1S/C10H20N2O3/c1-8(10(14)15)9(13)11-6-4-5-7-12(2)3/h8H,4-7H2,1-3H3,(H,11,13)(H,14,15). The predicted octanol–water partition coefficient (Wildman–Crippen LogP) is 0.165. The Labute approximate surface area is 90.5 Å². The molecule has 0 rings (SSSR count). The van der Waals surface area contributed by atoms with E-state index in [0.717, 1.165) is 19.4 Å². The van der Waals surface area contributed by atoms with Crippen molar-refractivity contribution >= 4 is 11.9 Å². The summed E-state index contributed by atoms with van der Waals surface area (Å²) in [5.74, 6) is -2.45. The molecule has 2 N–H and O–H groups in total. The highest BCUT2D eigenvalue weighted by molar-refractivity contribution is 5.96. The first-order valence-electron chi connectivity index (χ1n) is 5.10. The van der Waals surface area contributed by atoms with E-state index in [1.54, 1.807) is 0 Å². The van der Waals surface area contributed by atoms with Gasteiger partial charge in [-0.1, -0.05) is 0 Å². The summed E-state index contributed by atoms with van der Waals surface area (Å²) in [7, 11) is 3.98. The smallest absolute Gasteiger partial charge is 0.315 e. The fraction of sp³-hybridized carbons (Fsp3) is 0.800. The SMILES string of the molecule is CC(C(=O)O)C(=O)NCCCCN(C)C. The number of amides is 1. The molecule has 0 heterocycles. The van der Waals surface area contributed by atoms with Gasteiger partial charge in [-0.05, 0) is 40.4 Å². The van der Waals surface area contributed by atoms with Crippen molar-refractivity contribution in [3.05, 3.63) is 0 Å². The summed E-state index contributed by atoms with van der Waals surface area (Å²) in [6.07, 6.45) is 1.87. The Hall–Kier alpha value is -1.10. The minimum Gasteiger partial charge on any atom is -0.481 e. The van der Waals surface area contributed by atoms with Crippen LogP contribution in [0, 0.1) is 5.92 Å². The highest BCUT2D eigenvalue weighted by Gasteiger charge is 2.19. The van der Waals surface area contributed by atoms with Gasteiger partial charge < -0.3 is 15.3 Å². The molecule has 5 nitrogen and oxygen atoms in total. The van der Waals surface area contributed by atoms with Gasteiger partial charge in [0.2, 0.25) is 5.91 Å². The predicted molar refractivity (Wildman–Crippen MR) is 57.6 cm³/mol. The van der Waals surface area contributed by atoms with Gasteiger partial charge in [-0.15, -0.1) is 0 Å². The van der Waals surface area contributed by atoms with E-state index in [2.05, 4.69) is 10.2 Å². The molecule has 0 fully saturated rings. The van der Waals surface area contributed by atoms with Crippen LogP contribution in [0.2, 0.25) is 0 Å². The fourth-order valence-corrected chi connectivity index (χ4v) is 1.03. The van der Waals surface area contributed by atoms with Gasteiger partial charge >= 0.3 is 5.97 Å². The van der Waals surface area contributed by atoms with Crippen molar-refractivity contribution in [2.24, 2.45) is 5.92 Å². The number of carbonyl (C=O) groups is 2. The van der Waals surface area contributed by atoms with Gasteiger partial charge in [-0.25, -0.2) is 0 Å². The molecule has 0 aliphatic rings. The first-order chi connectivity index (χ1) is 6.95. The summed E-state index contributed by atoms with van der Waals surface area (Å²) in [6.45, 7) is 2.91. The summed E-state index contributed by atoms with van der Waals surface area (Å²) in [4.78, 5) is 23.7. The Bertz CT molecular complexity index is 217. The van der Waals surface area contributed by atoms with E-state index in [0.29, 0.717) is 6.54 Å². The largest absolute Gasteiger partial charge is 0.481 e. The zero-order chi connectivity index (χ0) is 11.8. The second kappa shape index (κ2) is 7.23. The molecule has 0 bridgehead atoms. The van der Waals surface area contributed by atoms with Crippen molar-refractivity contribution in [3.63, 3.8) is 0 Å². The second-order valence-electron chi connectivity index (χ2n) is 3.86. The van der Waals surface area contributed by atoms with E-state index < -0.39 is 17.8 Å². The maximum atomic E-state index is 11.2. The molecule has 15 heavy (non-hydrogen) atoms. The van der Waals surface area contributed by atoms with Crippen LogP contribution in [0.5, 0.6) is 0 Å². The average molecular weight is 216 g/mol. The Morgan fingerprint density at radius 3 is 2.40 bits per heavy atom. The van der Waals surface area contributed by atoms with Crippen LogP contribution in [0.1, 0.15) is 19.8 Å². The van der Waals surface area contributed by atoms with Gasteiger partial charge in [0.15, 0.2) is 0 Å². The fourth-order valence-electron chi connectivity index (χ4n) is 1.03. The highest BCUT2D eigenvalue weighted by Crippen LogP contribution is 1.95. The Morgan fingerprint density at radius 2 is 1.93 bits per heavy atom. The normalized spacial score (nSPS) is 12.5. The highest BCUT2D eigenvalue weighted by atomic mass is 16.4. The Morgan fingerprint density at radius 1 is 1.33 bits per heavy atom. The van der Waals surface area contributed by atoms with Gasteiger partial charge in [-0.3, -0.25) is 9.59 Å². The number of rotatable bonds is 7. The van der Waals surface area contributed by atoms with E-state index in [1.807, 2.05) is 14.1 Å². The Kier molecular flexibility index (Phi) is 6.70. The van der Waals surface area contributed by atoms with Crippen molar-refractivity contribution in [3.8, 4) is 0 Å². The van der Waals surface area contributed by atoms with Gasteiger partial charge in [0.05, 0.1) is 0 Å². The maximum Gasteiger partial charge on any atom is 0.315 e. The molecule has 0 saturated carbocycles. The van der Waals surface area contributed by atoms with Crippen LogP contribution >= 0.6 is 0 Å². The first-order valence-corrected chi connectivity index (χ1v) is 5.10. The molecule has 5 heteroatoms. The summed E-state index contributed by atoms with van der Waals surface area (Å²) in [5, 5.41) is 11.2. The minimum absolute atomic E-state index is 0.410. The second-order valence-corrected chi connectivity index (χ2v) is 3.86. The summed E-state index contributed by atoms with van der Waals surface area (Å²) in [5.41, 5.74) is 0. The van der Waals surface area contributed by atoms with Crippen molar-refractivity contribution in [2.75, 3.05) is 27.2 Å². The number of carbonyl (C=O) groups excluding carboxylic acids is 1. The molecule has 0 aromatic carbocycles. The van der Waals surface area contributed by atoms with Gasteiger partial charge in [-0.2, -0.15) is 0 Å². The molecule has 0 saturated heterocycles. The molecule has 1 atom stereocenters. The zero-order valence-corrected chi connectivity index (χ0v) is 9.62. The van der Waals surface area contributed by atoms with Crippen LogP contribution < -0.4 is 5.32 Å².